The highest BCUT2D eigenvalue weighted by Crippen LogP contribution is 2.37. The van der Waals surface area contributed by atoms with E-state index in [1.54, 1.807) is 36.4 Å². The maximum atomic E-state index is 13.1. The van der Waals surface area contributed by atoms with Crippen LogP contribution in [0.2, 0.25) is 0 Å². The molecule has 1 fully saturated rings. The molecule has 1 aromatic heterocycles. The van der Waals surface area contributed by atoms with Gasteiger partial charge in [0.1, 0.15) is 10.8 Å². The first-order valence-electron chi connectivity index (χ1n) is 11.4. The Kier molecular flexibility index (Phi) is 6.31. The molecule has 1 saturated heterocycles. The number of phenolic OH excluding ortho intramolecular Hbond substituents is 1. The number of phenols is 1. The van der Waals surface area contributed by atoms with Crippen LogP contribution < -0.4 is 5.32 Å². The van der Waals surface area contributed by atoms with Gasteiger partial charge in [0, 0.05) is 18.8 Å². The number of para-hydroxylation sites is 1. The summed E-state index contributed by atoms with van der Waals surface area (Å²) >= 11 is 1.46. The number of carbonyl (C=O) groups is 1. The number of piperidine rings is 1. The van der Waals surface area contributed by atoms with Crippen molar-refractivity contribution >= 4 is 43.2 Å². The van der Waals surface area contributed by atoms with E-state index in [9.17, 15) is 18.3 Å². The molecule has 1 aliphatic rings. The van der Waals surface area contributed by atoms with Crippen molar-refractivity contribution in [3.05, 3.63) is 72.3 Å². The number of fused-ring (bicyclic) bond motifs is 1. The van der Waals surface area contributed by atoms with E-state index in [-0.39, 0.29) is 23.1 Å². The number of benzene rings is 3. The van der Waals surface area contributed by atoms with E-state index in [1.165, 1.54) is 21.7 Å². The van der Waals surface area contributed by atoms with Crippen molar-refractivity contribution in [3.8, 4) is 16.3 Å². The average Bonchev–Trinajstić information content (AvgIpc) is 3.29. The van der Waals surface area contributed by atoms with Gasteiger partial charge in [0.05, 0.1) is 26.6 Å². The first-order chi connectivity index (χ1) is 16.8. The van der Waals surface area contributed by atoms with Gasteiger partial charge in [-0.25, -0.2) is 13.4 Å². The number of thiazole rings is 1. The molecule has 35 heavy (non-hydrogen) atoms. The van der Waals surface area contributed by atoms with Gasteiger partial charge in [0.2, 0.25) is 15.9 Å². The molecule has 1 atom stereocenters. The summed E-state index contributed by atoms with van der Waals surface area (Å²) < 4.78 is 28.6. The van der Waals surface area contributed by atoms with Crippen molar-refractivity contribution in [2.45, 2.75) is 24.7 Å². The van der Waals surface area contributed by atoms with E-state index < -0.39 is 15.9 Å². The summed E-state index contributed by atoms with van der Waals surface area (Å²) in [4.78, 5) is 17.9. The van der Waals surface area contributed by atoms with Crippen molar-refractivity contribution in [1.82, 2.24) is 9.29 Å². The molecular weight excluding hydrogens is 482 g/mol. The van der Waals surface area contributed by atoms with Crippen molar-refractivity contribution < 1.29 is 18.3 Å². The third-order valence-corrected chi connectivity index (χ3v) is 9.15. The normalized spacial score (nSPS) is 16.9. The van der Waals surface area contributed by atoms with E-state index in [2.05, 4.69) is 10.3 Å². The number of hydrogen-bond donors (Lipinski definition) is 2. The number of amides is 1. The molecule has 3 aromatic carbocycles. The predicted molar refractivity (Wildman–Crippen MR) is 138 cm³/mol. The summed E-state index contributed by atoms with van der Waals surface area (Å²) in [5.41, 5.74) is 2.90. The van der Waals surface area contributed by atoms with Gasteiger partial charge < -0.3 is 10.4 Å². The topological polar surface area (TPSA) is 99.6 Å². The van der Waals surface area contributed by atoms with Crippen molar-refractivity contribution in [2.75, 3.05) is 18.4 Å². The van der Waals surface area contributed by atoms with Crippen LogP contribution in [0.3, 0.4) is 0 Å². The second-order valence-corrected chi connectivity index (χ2v) is 11.7. The molecule has 5 rings (SSSR count). The van der Waals surface area contributed by atoms with Gasteiger partial charge in [0.15, 0.2) is 0 Å². The number of rotatable bonds is 5. The molecule has 180 valence electrons. The van der Waals surface area contributed by atoms with Crippen LogP contribution in [0.1, 0.15) is 18.4 Å². The molecule has 0 radical (unpaired) electrons. The van der Waals surface area contributed by atoms with E-state index in [0.29, 0.717) is 35.6 Å². The van der Waals surface area contributed by atoms with E-state index in [0.717, 1.165) is 15.8 Å². The van der Waals surface area contributed by atoms with Crippen LogP contribution >= 0.6 is 11.3 Å². The third-order valence-electron chi connectivity index (χ3n) is 6.20. The molecule has 0 spiro atoms. The Bertz CT molecular complexity index is 1460. The number of aryl methyl sites for hydroxylation is 1. The van der Waals surface area contributed by atoms with Crippen LogP contribution in [-0.2, 0) is 14.8 Å². The smallest absolute Gasteiger partial charge is 0.243 e. The van der Waals surface area contributed by atoms with Crippen LogP contribution in [0.4, 0.5) is 5.69 Å². The number of aromatic nitrogens is 1. The summed E-state index contributed by atoms with van der Waals surface area (Å²) in [7, 11) is -3.67. The zero-order valence-electron chi connectivity index (χ0n) is 19.1. The molecule has 0 bridgehead atoms. The summed E-state index contributed by atoms with van der Waals surface area (Å²) in [6.45, 7) is 2.43. The van der Waals surface area contributed by atoms with Crippen LogP contribution in [0.5, 0.6) is 5.75 Å². The number of sulfonamides is 1. The number of nitrogens with zero attached hydrogens (tertiary/aromatic N) is 2. The summed E-state index contributed by atoms with van der Waals surface area (Å²) in [5, 5.41) is 14.0. The van der Waals surface area contributed by atoms with Crippen LogP contribution in [-0.4, -0.2) is 41.8 Å². The van der Waals surface area contributed by atoms with Gasteiger partial charge in [-0.3, -0.25) is 4.79 Å². The summed E-state index contributed by atoms with van der Waals surface area (Å²) in [6.07, 6.45) is 1.21. The Hall–Kier alpha value is -3.27. The lowest BCUT2D eigenvalue weighted by molar-refractivity contribution is -0.120. The Morgan fingerprint density at radius 1 is 1.11 bits per heavy atom. The van der Waals surface area contributed by atoms with Crippen molar-refractivity contribution in [1.29, 1.82) is 0 Å². The maximum Gasteiger partial charge on any atom is 0.243 e. The fraction of sp³-hybridized carbons (Fsp3) is 0.231. The number of hydrogen-bond acceptors (Lipinski definition) is 6. The predicted octanol–water partition coefficient (Wildman–Crippen LogP) is 5.02. The molecule has 2 heterocycles. The van der Waals surface area contributed by atoms with Gasteiger partial charge in [-0.15, -0.1) is 11.3 Å². The highest BCUT2D eigenvalue weighted by molar-refractivity contribution is 7.89. The first-order valence-corrected chi connectivity index (χ1v) is 13.6. The van der Waals surface area contributed by atoms with Gasteiger partial charge in [-0.05, 0) is 62.2 Å². The molecule has 0 saturated carbocycles. The number of carbonyl (C=O) groups excluding carboxylic acids is 1. The van der Waals surface area contributed by atoms with E-state index in [4.69, 9.17) is 0 Å². The quantitative estimate of drug-likeness (QED) is 0.370. The lowest BCUT2D eigenvalue weighted by atomic mass is 9.98. The fourth-order valence-corrected chi connectivity index (χ4v) is 6.77. The number of anilines is 1. The largest absolute Gasteiger partial charge is 0.507 e. The monoisotopic (exact) mass is 507 g/mol. The fourth-order valence-electron chi connectivity index (χ4n) is 4.25. The number of aromatic hydroxyl groups is 1. The minimum Gasteiger partial charge on any atom is -0.507 e. The Balaban J connectivity index is 1.33. The molecule has 9 heteroatoms. The van der Waals surface area contributed by atoms with Crippen molar-refractivity contribution in [3.63, 3.8) is 0 Å². The van der Waals surface area contributed by atoms with Gasteiger partial charge in [-0.2, -0.15) is 4.31 Å². The van der Waals surface area contributed by atoms with Gasteiger partial charge in [0.25, 0.3) is 0 Å². The molecule has 1 unspecified atom stereocenters. The average molecular weight is 508 g/mol. The lowest BCUT2D eigenvalue weighted by Crippen LogP contribution is -2.43. The zero-order valence-corrected chi connectivity index (χ0v) is 20.8. The lowest BCUT2D eigenvalue weighted by Gasteiger charge is -2.31. The van der Waals surface area contributed by atoms with Crippen LogP contribution in [0.25, 0.3) is 20.8 Å². The Labute approximate surface area is 208 Å². The minimum atomic E-state index is -3.67. The van der Waals surface area contributed by atoms with E-state index >= 15 is 0 Å². The van der Waals surface area contributed by atoms with Gasteiger partial charge in [-0.1, -0.05) is 29.8 Å². The third kappa shape index (κ3) is 4.80. The molecular formula is C26H25N3O4S2. The van der Waals surface area contributed by atoms with E-state index in [1.807, 2.05) is 31.2 Å². The molecule has 0 aliphatic carbocycles. The Morgan fingerprint density at radius 2 is 1.89 bits per heavy atom. The highest BCUT2D eigenvalue weighted by atomic mass is 32.2. The second kappa shape index (κ2) is 9.41. The van der Waals surface area contributed by atoms with Crippen LogP contribution in [0.15, 0.2) is 71.6 Å². The van der Waals surface area contributed by atoms with Crippen LogP contribution in [0, 0.1) is 12.8 Å². The molecule has 2 N–H and O–H groups in total. The summed E-state index contributed by atoms with van der Waals surface area (Å²) in [6, 6.07) is 19.4. The molecule has 1 amide bonds. The van der Waals surface area contributed by atoms with Gasteiger partial charge >= 0.3 is 0 Å². The minimum absolute atomic E-state index is 0.0788. The zero-order chi connectivity index (χ0) is 24.6. The second-order valence-electron chi connectivity index (χ2n) is 8.72. The highest BCUT2D eigenvalue weighted by Gasteiger charge is 2.33. The standard InChI is InChI=1S/C26H25N3O4S2/c1-17-8-11-20(12-9-17)35(32,33)29-14-4-5-18(16-29)25(31)27-19-10-13-23(30)21(15-19)26-28-22-6-2-3-7-24(22)34-26/h2-3,6-13,15,18,30H,4-5,14,16H2,1H3,(H,27,31). The Morgan fingerprint density at radius 3 is 2.66 bits per heavy atom. The first kappa shape index (κ1) is 23.5. The maximum absolute atomic E-state index is 13.1. The molecule has 1 aliphatic heterocycles. The van der Waals surface area contributed by atoms with Crippen molar-refractivity contribution in [2.24, 2.45) is 5.92 Å². The summed E-state index contributed by atoms with van der Waals surface area (Å²) in [5.74, 6) is -0.631. The number of nitrogens with one attached hydrogen (secondary N) is 1. The molecule has 4 aromatic rings. The SMILES string of the molecule is Cc1ccc(S(=O)(=O)N2CCCC(C(=O)Nc3ccc(O)c(-c4nc5ccccc5s4)c3)C2)cc1. The molecule has 7 nitrogen and oxygen atoms in total.